The van der Waals surface area contributed by atoms with Gasteiger partial charge in [0.05, 0.1) is 18.8 Å². The van der Waals surface area contributed by atoms with E-state index in [9.17, 15) is 14.4 Å². The standard InChI is InChI=1S/C21H35N5O5S/c1-21(2,3)31-19(28)23-10-6-5-9-15(22)17(27)25-18-24-16(13-32-18)14-8-7-11-26(12-14)20(29)30-4/h13-15H,5-12,22H2,1-4H3,(H,23,28)(H,24,25,27)/t14?,15-/m0/s1. The molecule has 1 saturated heterocycles. The van der Waals surface area contributed by atoms with Crippen molar-refractivity contribution in [2.45, 2.75) is 70.4 Å². The molecular weight excluding hydrogens is 434 g/mol. The summed E-state index contributed by atoms with van der Waals surface area (Å²) in [6, 6.07) is -0.659. The van der Waals surface area contributed by atoms with Crippen LogP contribution in [0.25, 0.3) is 0 Å². The topological polar surface area (TPSA) is 136 Å². The van der Waals surface area contributed by atoms with Crippen LogP contribution < -0.4 is 16.4 Å². The first-order chi connectivity index (χ1) is 15.1. The number of rotatable bonds is 8. The smallest absolute Gasteiger partial charge is 0.409 e. The summed E-state index contributed by atoms with van der Waals surface area (Å²) in [6.07, 6.45) is 2.92. The third-order valence-corrected chi connectivity index (χ3v) is 5.75. The Kier molecular flexibility index (Phi) is 9.70. The Morgan fingerprint density at radius 3 is 2.78 bits per heavy atom. The predicted octanol–water partition coefficient (Wildman–Crippen LogP) is 3.05. The molecule has 3 amide bonds. The van der Waals surface area contributed by atoms with Crippen LogP contribution in [0.2, 0.25) is 0 Å². The van der Waals surface area contributed by atoms with Gasteiger partial charge in [-0.3, -0.25) is 4.79 Å². The number of nitrogens with two attached hydrogens (primary N) is 1. The lowest BCUT2D eigenvalue weighted by atomic mass is 9.96. The minimum Gasteiger partial charge on any atom is -0.453 e. The average Bonchev–Trinajstić information content (AvgIpc) is 3.20. The van der Waals surface area contributed by atoms with Crippen molar-refractivity contribution in [1.82, 2.24) is 15.2 Å². The van der Waals surface area contributed by atoms with E-state index in [1.807, 2.05) is 26.2 Å². The normalized spacial score (nSPS) is 17.4. The lowest BCUT2D eigenvalue weighted by molar-refractivity contribution is -0.117. The van der Waals surface area contributed by atoms with Gasteiger partial charge in [-0.2, -0.15) is 0 Å². The van der Waals surface area contributed by atoms with Crippen molar-refractivity contribution < 1.29 is 23.9 Å². The van der Waals surface area contributed by atoms with Crippen molar-refractivity contribution in [3.8, 4) is 0 Å². The number of carbonyl (C=O) groups excluding carboxylic acids is 3. The molecule has 2 heterocycles. The lowest BCUT2D eigenvalue weighted by Gasteiger charge is -2.30. The molecule has 0 radical (unpaired) electrons. The summed E-state index contributed by atoms with van der Waals surface area (Å²) in [6.45, 7) is 7.12. The van der Waals surface area contributed by atoms with Gasteiger partial charge in [-0.15, -0.1) is 11.3 Å². The van der Waals surface area contributed by atoms with Gasteiger partial charge in [-0.1, -0.05) is 0 Å². The van der Waals surface area contributed by atoms with Gasteiger partial charge < -0.3 is 30.7 Å². The first kappa shape index (κ1) is 25.9. The number of alkyl carbamates (subject to hydrolysis) is 1. The van der Waals surface area contributed by atoms with Gasteiger partial charge in [-0.05, 0) is 52.9 Å². The molecule has 2 rings (SSSR count). The van der Waals surface area contributed by atoms with Gasteiger partial charge >= 0.3 is 12.2 Å². The highest BCUT2D eigenvalue weighted by molar-refractivity contribution is 7.13. The second-order valence-electron chi connectivity index (χ2n) is 8.85. The van der Waals surface area contributed by atoms with Crippen LogP contribution in [0.3, 0.4) is 0 Å². The van der Waals surface area contributed by atoms with Crippen LogP contribution >= 0.6 is 11.3 Å². The Morgan fingerprint density at radius 2 is 2.09 bits per heavy atom. The van der Waals surface area contributed by atoms with Crippen LogP contribution in [0.1, 0.15) is 64.5 Å². The molecule has 1 aromatic rings. The van der Waals surface area contributed by atoms with E-state index >= 15 is 0 Å². The van der Waals surface area contributed by atoms with E-state index in [0.717, 1.165) is 18.5 Å². The van der Waals surface area contributed by atoms with Crippen molar-refractivity contribution in [2.75, 3.05) is 32.1 Å². The number of carbonyl (C=O) groups is 3. The maximum absolute atomic E-state index is 12.4. The highest BCUT2D eigenvalue weighted by Crippen LogP contribution is 2.29. The highest BCUT2D eigenvalue weighted by atomic mass is 32.1. The van der Waals surface area contributed by atoms with Crippen LogP contribution in [-0.2, 0) is 14.3 Å². The van der Waals surface area contributed by atoms with E-state index in [1.54, 1.807) is 4.90 Å². The number of piperidine rings is 1. The largest absolute Gasteiger partial charge is 0.453 e. The number of hydrogen-bond acceptors (Lipinski definition) is 8. The third kappa shape index (κ3) is 8.62. The summed E-state index contributed by atoms with van der Waals surface area (Å²) >= 11 is 1.35. The molecule has 0 bridgehead atoms. The monoisotopic (exact) mass is 469 g/mol. The summed E-state index contributed by atoms with van der Waals surface area (Å²) in [7, 11) is 1.38. The van der Waals surface area contributed by atoms with Gasteiger partial charge in [0.15, 0.2) is 5.13 Å². The van der Waals surface area contributed by atoms with E-state index in [0.29, 0.717) is 44.0 Å². The summed E-state index contributed by atoms with van der Waals surface area (Å²) in [5.74, 6) is -0.165. The van der Waals surface area contributed by atoms with Crippen molar-refractivity contribution in [2.24, 2.45) is 5.73 Å². The minimum absolute atomic E-state index is 0.121. The number of methoxy groups -OCH3 is 1. The van der Waals surface area contributed by atoms with Gasteiger partial charge in [0.25, 0.3) is 0 Å². The SMILES string of the molecule is COC(=O)N1CCCC(c2csc(NC(=O)[C@@H](N)CCCCNC(=O)OC(C)(C)C)n2)C1. The molecule has 2 atom stereocenters. The van der Waals surface area contributed by atoms with Crippen LogP contribution in [0.5, 0.6) is 0 Å². The molecule has 0 aromatic carbocycles. The van der Waals surface area contributed by atoms with Crippen molar-refractivity contribution in [3.05, 3.63) is 11.1 Å². The molecular formula is C21H35N5O5S. The van der Waals surface area contributed by atoms with E-state index in [-0.39, 0.29) is 17.9 Å². The zero-order valence-corrected chi connectivity index (χ0v) is 20.1. The maximum Gasteiger partial charge on any atom is 0.409 e. The number of unbranched alkanes of at least 4 members (excludes halogenated alkanes) is 1. The number of thiazole rings is 1. The first-order valence-electron chi connectivity index (χ1n) is 10.9. The molecule has 10 nitrogen and oxygen atoms in total. The molecule has 4 N–H and O–H groups in total. The van der Waals surface area contributed by atoms with E-state index < -0.39 is 17.7 Å². The molecule has 180 valence electrons. The second-order valence-corrected chi connectivity index (χ2v) is 9.71. The predicted molar refractivity (Wildman–Crippen MR) is 123 cm³/mol. The van der Waals surface area contributed by atoms with Crippen LogP contribution in [-0.4, -0.2) is 66.4 Å². The molecule has 1 fully saturated rings. The summed E-state index contributed by atoms with van der Waals surface area (Å²) in [5, 5.41) is 7.88. The van der Waals surface area contributed by atoms with Gasteiger partial charge in [0.2, 0.25) is 5.91 Å². The van der Waals surface area contributed by atoms with Crippen LogP contribution in [0.15, 0.2) is 5.38 Å². The molecule has 1 aliphatic rings. The number of aromatic nitrogens is 1. The number of anilines is 1. The maximum atomic E-state index is 12.4. The van der Waals surface area contributed by atoms with E-state index in [2.05, 4.69) is 15.6 Å². The van der Waals surface area contributed by atoms with E-state index in [4.69, 9.17) is 15.2 Å². The Morgan fingerprint density at radius 1 is 1.34 bits per heavy atom. The Bertz CT molecular complexity index is 779. The number of amides is 3. The number of nitrogens with one attached hydrogen (secondary N) is 2. The van der Waals surface area contributed by atoms with Crippen molar-refractivity contribution in [3.63, 3.8) is 0 Å². The zero-order chi connectivity index (χ0) is 23.7. The minimum atomic E-state index is -0.659. The number of likely N-dealkylation sites (tertiary alicyclic amines) is 1. The van der Waals surface area contributed by atoms with Gasteiger partial charge in [-0.25, -0.2) is 14.6 Å². The molecule has 1 aromatic heterocycles. The fourth-order valence-electron chi connectivity index (χ4n) is 3.37. The lowest BCUT2D eigenvalue weighted by Crippen LogP contribution is -2.39. The van der Waals surface area contributed by atoms with Crippen LogP contribution in [0, 0.1) is 0 Å². The molecule has 32 heavy (non-hydrogen) atoms. The van der Waals surface area contributed by atoms with Crippen molar-refractivity contribution >= 4 is 34.6 Å². The fourth-order valence-corrected chi connectivity index (χ4v) is 4.16. The fraction of sp³-hybridized carbons (Fsp3) is 0.714. The summed E-state index contributed by atoms with van der Waals surface area (Å²) in [4.78, 5) is 42.0. The molecule has 11 heteroatoms. The van der Waals surface area contributed by atoms with Crippen LogP contribution in [0.4, 0.5) is 14.7 Å². The first-order valence-corrected chi connectivity index (χ1v) is 11.8. The zero-order valence-electron chi connectivity index (χ0n) is 19.3. The summed E-state index contributed by atoms with van der Waals surface area (Å²) < 4.78 is 9.98. The number of ether oxygens (including phenoxy) is 2. The van der Waals surface area contributed by atoms with Gasteiger partial charge in [0.1, 0.15) is 5.60 Å². The van der Waals surface area contributed by atoms with Gasteiger partial charge in [0, 0.05) is 30.9 Å². The molecule has 0 aliphatic carbocycles. The quantitative estimate of drug-likeness (QED) is 0.498. The molecule has 1 unspecified atom stereocenters. The Balaban J connectivity index is 1.71. The summed E-state index contributed by atoms with van der Waals surface area (Å²) in [5.41, 5.74) is 6.33. The number of hydrogen-bond donors (Lipinski definition) is 3. The molecule has 1 aliphatic heterocycles. The van der Waals surface area contributed by atoms with Crippen molar-refractivity contribution in [1.29, 1.82) is 0 Å². The highest BCUT2D eigenvalue weighted by Gasteiger charge is 2.27. The third-order valence-electron chi connectivity index (χ3n) is 4.97. The molecule has 0 spiro atoms. The average molecular weight is 470 g/mol. The van der Waals surface area contributed by atoms with E-state index in [1.165, 1.54) is 18.4 Å². The second kappa shape index (κ2) is 12.0. The molecule has 0 saturated carbocycles. The Labute approximate surface area is 193 Å². The Hall–Kier alpha value is -2.40. The number of nitrogens with zero attached hydrogens (tertiary/aromatic N) is 2.